The van der Waals surface area contributed by atoms with Gasteiger partial charge in [-0.25, -0.2) is 9.78 Å². The average Bonchev–Trinajstić information content (AvgIpc) is 3.09. The summed E-state index contributed by atoms with van der Waals surface area (Å²) in [6, 6.07) is 3.71. The van der Waals surface area contributed by atoms with Crippen LogP contribution in [0.2, 0.25) is 0 Å². The molecule has 3 amide bonds. The van der Waals surface area contributed by atoms with Gasteiger partial charge < -0.3 is 20.5 Å². The fourth-order valence-electron chi connectivity index (χ4n) is 2.82. The van der Waals surface area contributed by atoms with Gasteiger partial charge in [0.15, 0.2) is 0 Å². The Morgan fingerprint density at radius 2 is 1.81 bits per heavy atom. The maximum Gasteiger partial charge on any atom is 0.315 e. The molecule has 140 valence electrons. The van der Waals surface area contributed by atoms with Gasteiger partial charge in [0.25, 0.3) is 0 Å². The van der Waals surface area contributed by atoms with Gasteiger partial charge >= 0.3 is 6.03 Å². The molecule has 0 aliphatic rings. The number of unbranched alkanes of at least 4 members (excludes halogenated alkanes) is 1. The summed E-state index contributed by atoms with van der Waals surface area (Å²) >= 11 is 0. The number of nitrogens with zero attached hydrogens (tertiary/aromatic N) is 2. The van der Waals surface area contributed by atoms with E-state index in [2.05, 4.69) is 20.9 Å². The molecule has 0 fully saturated rings. The zero-order valence-corrected chi connectivity index (χ0v) is 15.6. The predicted octanol–water partition coefficient (Wildman–Crippen LogP) is 2.53. The zero-order valence-electron chi connectivity index (χ0n) is 15.6. The molecule has 0 aliphatic carbocycles. The number of carbonyl (C=O) groups is 2. The summed E-state index contributed by atoms with van der Waals surface area (Å²) in [6.45, 7) is 7.32. The number of imidazole rings is 1. The summed E-state index contributed by atoms with van der Waals surface area (Å²) in [7, 11) is 0. The van der Waals surface area contributed by atoms with Gasteiger partial charge in [0.2, 0.25) is 5.91 Å². The van der Waals surface area contributed by atoms with Crippen LogP contribution >= 0.6 is 0 Å². The highest BCUT2D eigenvalue weighted by atomic mass is 16.2. The minimum Gasteiger partial charge on any atom is -0.338 e. The molecule has 0 saturated carbocycles. The number of carbonyl (C=O) groups excluding carboxylic acids is 2. The first kappa shape index (κ1) is 19.5. The number of nitrogens with one attached hydrogen (secondary N) is 3. The van der Waals surface area contributed by atoms with E-state index >= 15 is 0 Å². The molecular formula is C19H27N5O2. The van der Waals surface area contributed by atoms with Gasteiger partial charge in [0.05, 0.1) is 12.9 Å². The maximum absolute atomic E-state index is 12.1. The predicted molar refractivity (Wildman–Crippen MR) is 102 cm³/mol. The molecule has 2 aromatic rings. The second kappa shape index (κ2) is 9.60. The van der Waals surface area contributed by atoms with Crippen molar-refractivity contribution in [1.82, 2.24) is 20.2 Å². The molecular weight excluding hydrogens is 330 g/mol. The third kappa shape index (κ3) is 6.23. The van der Waals surface area contributed by atoms with Crippen molar-refractivity contribution in [2.75, 3.05) is 18.4 Å². The number of aryl methyl sites for hydroxylation is 4. The maximum atomic E-state index is 12.1. The van der Waals surface area contributed by atoms with Crippen LogP contribution in [-0.4, -0.2) is 34.6 Å². The van der Waals surface area contributed by atoms with Gasteiger partial charge in [-0.3, -0.25) is 4.79 Å². The van der Waals surface area contributed by atoms with Crippen LogP contribution in [0.5, 0.6) is 0 Å². The third-order valence-corrected chi connectivity index (χ3v) is 4.04. The van der Waals surface area contributed by atoms with Crippen molar-refractivity contribution >= 4 is 17.6 Å². The van der Waals surface area contributed by atoms with Crippen LogP contribution in [0.25, 0.3) is 0 Å². The second-order valence-electron chi connectivity index (χ2n) is 6.44. The van der Waals surface area contributed by atoms with Crippen LogP contribution < -0.4 is 16.0 Å². The van der Waals surface area contributed by atoms with Gasteiger partial charge in [-0.2, -0.15) is 0 Å². The lowest BCUT2D eigenvalue weighted by molar-refractivity contribution is -0.115. The molecule has 0 unspecified atom stereocenters. The summed E-state index contributed by atoms with van der Waals surface area (Å²) in [4.78, 5) is 27.8. The molecule has 2 rings (SSSR count). The number of hydrogen-bond acceptors (Lipinski definition) is 3. The van der Waals surface area contributed by atoms with E-state index in [9.17, 15) is 9.59 Å². The lowest BCUT2D eigenvalue weighted by Gasteiger charge is -2.13. The lowest BCUT2D eigenvalue weighted by Crippen LogP contribution is -2.40. The molecule has 0 aliphatic heterocycles. The van der Waals surface area contributed by atoms with E-state index in [-0.39, 0.29) is 18.5 Å². The van der Waals surface area contributed by atoms with Gasteiger partial charge in [0.1, 0.15) is 0 Å². The Labute approximate surface area is 154 Å². The Morgan fingerprint density at radius 1 is 1.08 bits per heavy atom. The fourth-order valence-corrected chi connectivity index (χ4v) is 2.82. The SMILES string of the molecule is Cc1cc(C)c(NC(=O)CNC(=O)NCCCCn2ccnc2)c(C)c1. The Balaban J connectivity index is 1.63. The van der Waals surface area contributed by atoms with Crippen molar-refractivity contribution in [1.29, 1.82) is 0 Å². The summed E-state index contributed by atoms with van der Waals surface area (Å²) in [5.41, 5.74) is 3.99. The monoisotopic (exact) mass is 357 g/mol. The lowest BCUT2D eigenvalue weighted by atomic mass is 10.1. The second-order valence-corrected chi connectivity index (χ2v) is 6.44. The quantitative estimate of drug-likeness (QED) is 0.634. The van der Waals surface area contributed by atoms with E-state index in [0.717, 1.165) is 41.8 Å². The third-order valence-electron chi connectivity index (χ3n) is 4.04. The molecule has 0 bridgehead atoms. The van der Waals surface area contributed by atoms with Crippen molar-refractivity contribution in [2.24, 2.45) is 0 Å². The van der Waals surface area contributed by atoms with E-state index in [4.69, 9.17) is 0 Å². The van der Waals surface area contributed by atoms with Crippen LogP contribution in [0.4, 0.5) is 10.5 Å². The molecule has 0 atom stereocenters. The molecule has 1 aromatic carbocycles. The molecule has 1 aromatic heterocycles. The van der Waals surface area contributed by atoms with Gasteiger partial charge in [-0.05, 0) is 44.7 Å². The first-order valence-corrected chi connectivity index (χ1v) is 8.81. The largest absolute Gasteiger partial charge is 0.338 e. The number of anilines is 1. The topological polar surface area (TPSA) is 88.0 Å². The number of urea groups is 1. The van der Waals surface area contributed by atoms with Crippen LogP contribution in [0, 0.1) is 20.8 Å². The first-order valence-electron chi connectivity index (χ1n) is 8.81. The Hall–Kier alpha value is -2.83. The molecule has 0 spiro atoms. The van der Waals surface area contributed by atoms with Crippen molar-refractivity contribution in [2.45, 2.75) is 40.2 Å². The molecule has 7 heteroatoms. The Morgan fingerprint density at radius 3 is 2.46 bits per heavy atom. The van der Waals surface area contributed by atoms with E-state index in [1.54, 1.807) is 12.5 Å². The fraction of sp³-hybridized carbons (Fsp3) is 0.421. The highest BCUT2D eigenvalue weighted by Gasteiger charge is 2.09. The number of amides is 3. The van der Waals surface area contributed by atoms with Gasteiger partial charge in [-0.1, -0.05) is 17.7 Å². The first-order chi connectivity index (χ1) is 12.5. The summed E-state index contributed by atoms with van der Waals surface area (Å²) in [5.74, 6) is -0.240. The van der Waals surface area contributed by atoms with Crippen LogP contribution in [-0.2, 0) is 11.3 Å². The van der Waals surface area contributed by atoms with Crippen LogP contribution in [0.15, 0.2) is 30.9 Å². The van der Waals surface area contributed by atoms with E-state index in [1.807, 2.05) is 43.7 Å². The van der Waals surface area contributed by atoms with E-state index in [0.29, 0.717) is 6.54 Å². The van der Waals surface area contributed by atoms with Gasteiger partial charge in [0, 0.05) is 31.2 Å². The number of rotatable bonds is 8. The molecule has 1 heterocycles. The molecule has 3 N–H and O–H groups in total. The number of hydrogen-bond donors (Lipinski definition) is 3. The van der Waals surface area contributed by atoms with E-state index in [1.165, 1.54) is 0 Å². The smallest absolute Gasteiger partial charge is 0.315 e. The standard InChI is InChI=1S/C19H27N5O2/c1-14-10-15(2)18(16(3)11-14)23-17(25)12-22-19(26)21-6-4-5-8-24-9-7-20-13-24/h7,9-11,13H,4-6,8,12H2,1-3H3,(H,23,25)(H2,21,22,26). The summed E-state index contributed by atoms with van der Waals surface area (Å²) in [5, 5.41) is 8.20. The highest BCUT2D eigenvalue weighted by Crippen LogP contribution is 2.21. The summed E-state index contributed by atoms with van der Waals surface area (Å²) < 4.78 is 2.00. The average molecular weight is 357 g/mol. The zero-order chi connectivity index (χ0) is 18.9. The minimum atomic E-state index is -0.333. The number of aromatic nitrogens is 2. The van der Waals surface area contributed by atoms with Crippen molar-refractivity contribution in [3.63, 3.8) is 0 Å². The minimum absolute atomic E-state index is 0.0619. The van der Waals surface area contributed by atoms with Crippen molar-refractivity contribution < 1.29 is 9.59 Å². The Bertz CT molecular complexity index is 717. The van der Waals surface area contributed by atoms with Crippen molar-refractivity contribution in [3.8, 4) is 0 Å². The highest BCUT2D eigenvalue weighted by molar-refractivity contribution is 5.95. The van der Waals surface area contributed by atoms with Gasteiger partial charge in [-0.15, -0.1) is 0 Å². The van der Waals surface area contributed by atoms with Crippen molar-refractivity contribution in [3.05, 3.63) is 47.5 Å². The molecule has 7 nitrogen and oxygen atoms in total. The molecule has 0 radical (unpaired) electrons. The Kier molecular flexibility index (Phi) is 7.20. The summed E-state index contributed by atoms with van der Waals surface area (Å²) in [6.07, 6.45) is 7.24. The van der Waals surface area contributed by atoms with Crippen LogP contribution in [0.3, 0.4) is 0 Å². The number of benzene rings is 1. The van der Waals surface area contributed by atoms with E-state index < -0.39 is 0 Å². The van der Waals surface area contributed by atoms with Crippen LogP contribution in [0.1, 0.15) is 29.5 Å². The normalized spacial score (nSPS) is 10.4. The molecule has 0 saturated heterocycles. The molecule has 26 heavy (non-hydrogen) atoms.